The molecular formula is C20H17N3O3. The number of hydrogen-bond acceptors (Lipinski definition) is 5. The van der Waals surface area contributed by atoms with Gasteiger partial charge in [-0.1, -0.05) is 6.07 Å². The second-order valence-electron chi connectivity index (χ2n) is 6.65. The normalized spacial score (nSPS) is 16.9. The van der Waals surface area contributed by atoms with E-state index in [0.717, 1.165) is 34.9 Å². The highest BCUT2D eigenvalue weighted by atomic mass is 16.6. The lowest BCUT2D eigenvalue weighted by molar-refractivity contribution is -0.118. The minimum atomic E-state index is -0.526. The summed E-state index contributed by atoms with van der Waals surface area (Å²) < 4.78 is 11.2. The molecule has 1 N–H and O–H groups in total. The van der Waals surface area contributed by atoms with Gasteiger partial charge in [0.1, 0.15) is 19.0 Å². The molecule has 26 heavy (non-hydrogen) atoms. The smallest absolute Gasteiger partial charge is 0.236 e. The van der Waals surface area contributed by atoms with Gasteiger partial charge in [0, 0.05) is 24.0 Å². The highest BCUT2D eigenvalue weighted by molar-refractivity contribution is 6.05. The van der Waals surface area contributed by atoms with E-state index in [0.29, 0.717) is 24.8 Å². The van der Waals surface area contributed by atoms with Gasteiger partial charge in [-0.25, -0.2) is 4.98 Å². The fourth-order valence-electron chi connectivity index (χ4n) is 3.45. The number of carbonyl (C=O) groups excluding carboxylic acids is 1. The van der Waals surface area contributed by atoms with Gasteiger partial charge in [0.05, 0.1) is 5.41 Å². The largest absolute Gasteiger partial charge is 0.486 e. The van der Waals surface area contributed by atoms with Crippen LogP contribution in [0.4, 0.5) is 5.82 Å². The highest BCUT2D eigenvalue weighted by Crippen LogP contribution is 2.51. The third-order valence-corrected chi connectivity index (χ3v) is 5.08. The van der Waals surface area contributed by atoms with E-state index < -0.39 is 5.41 Å². The van der Waals surface area contributed by atoms with Crippen LogP contribution in [0.15, 0.2) is 48.9 Å². The van der Waals surface area contributed by atoms with Crippen molar-refractivity contribution in [3.63, 3.8) is 0 Å². The molecule has 0 spiro atoms. The molecule has 3 aromatic rings. The summed E-state index contributed by atoms with van der Waals surface area (Å²) in [6, 6.07) is 9.58. The summed E-state index contributed by atoms with van der Waals surface area (Å²) in [5, 5.41) is 4.83. The Kier molecular flexibility index (Phi) is 3.31. The van der Waals surface area contributed by atoms with E-state index in [1.165, 1.54) is 0 Å². The van der Waals surface area contributed by atoms with E-state index in [2.05, 4.69) is 15.3 Å². The second-order valence-corrected chi connectivity index (χ2v) is 6.65. The van der Waals surface area contributed by atoms with Gasteiger partial charge >= 0.3 is 0 Å². The molecule has 6 heteroatoms. The van der Waals surface area contributed by atoms with Crippen molar-refractivity contribution in [2.24, 2.45) is 0 Å². The Morgan fingerprint density at radius 1 is 1.04 bits per heavy atom. The van der Waals surface area contributed by atoms with Crippen LogP contribution in [0.25, 0.3) is 10.8 Å². The Morgan fingerprint density at radius 2 is 1.85 bits per heavy atom. The van der Waals surface area contributed by atoms with Crippen LogP contribution in [-0.2, 0) is 10.2 Å². The molecule has 1 amide bonds. The van der Waals surface area contributed by atoms with Crippen LogP contribution in [0.5, 0.6) is 11.5 Å². The van der Waals surface area contributed by atoms with Crippen LogP contribution >= 0.6 is 0 Å². The van der Waals surface area contributed by atoms with Crippen molar-refractivity contribution >= 4 is 22.5 Å². The molecule has 5 rings (SSSR count). The van der Waals surface area contributed by atoms with Crippen molar-refractivity contribution in [2.45, 2.75) is 18.3 Å². The van der Waals surface area contributed by atoms with Gasteiger partial charge in [0.2, 0.25) is 5.91 Å². The standard InChI is InChI=1S/C20H17N3O3/c24-19(23-18-15-12-21-7-3-13(15)4-8-22-18)20(5-6-20)14-1-2-16-17(11-14)26-10-9-25-16/h1-4,7-8,11-12H,5-6,9-10H2,(H,22,23,24). The Bertz CT molecular complexity index is 1010. The van der Waals surface area contributed by atoms with Crippen LogP contribution in [0.3, 0.4) is 0 Å². The molecule has 0 saturated heterocycles. The zero-order valence-corrected chi connectivity index (χ0v) is 14.1. The Morgan fingerprint density at radius 3 is 2.69 bits per heavy atom. The average molecular weight is 347 g/mol. The predicted molar refractivity (Wildman–Crippen MR) is 96.5 cm³/mol. The molecule has 0 unspecified atom stereocenters. The number of pyridine rings is 2. The summed E-state index contributed by atoms with van der Waals surface area (Å²) in [4.78, 5) is 21.5. The molecule has 1 aliphatic carbocycles. The number of hydrogen-bond donors (Lipinski definition) is 1. The van der Waals surface area contributed by atoms with Crippen LogP contribution in [0.1, 0.15) is 18.4 Å². The average Bonchev–Trinajstić information content (AvgIpc) is 3.50. The third-order valence-electron chi connectivity index (χ3n) is 5.08. The van der Waals surface area contributed by atoms with E-state index in [-0.39, 0.29) is 5.91 Å². The van der Waals surface area contributed by atoms with Gasteiger partial charge in [-0.15, -0.1) is 0 Å². The molecule has 6 nitrogen and oxygen atoms in total. The molecule has 2 aliphatic rings. The van der Waals surface area contributed by atoms with E-state index in [1.54, 1.807) is 18.6 Å². The molecule has 1 saturated carbocycles. The first kappa shape index (κ1) is 15.1. The zero-order valence-electron chi connectivity index (χ0n) is 14.1. The van der Waals surface area contributed by atoms with Crippen LogP contribution in [0.2, 0.25) is 0 Å². The number of ether oxygens (including phenoxy) is 2. The summed E-state index contributed by atoms with van der Waals surface area (Å²) in [7, 11) is 0. The lowest BCUT2D eigenvalue weighted by atomic mass is 9.94. The summed E-state index contributed by atoms with van der Waals surface area (Å²) in [6.07, 6.45) is 6.76. The maximum Gasteiger partial charge on any atom is 0.236 e. The molecule has 3 heterocycles. The first-order valence-corrected chi connectivity index (χ1v) is 8.67. The molecule has 0 atom stereocenters. The minimum absolute atomic E-state index is 0.0435. The number of carbonyl (C=O) groups is 1. The molecule has 2 aromatic heterocycles. The van der Waals surface area contributed by atoms with Crippen molar-refractivity contribution in [2.75, 3.05) is 18.5 Å². The maximum atomic E-state index is 13.1. The monoisotopic (exact) mass is 347 g/mol. The van der Waals surface area contributed by atoms with E-state index in [4.69, 9.17) is 9.47 Å². The number of fused-ring (bicyclic) bond motifs is 2. The first-order valence-electron chi connectivity index (χ1n) is 8.67. The van der Waals surface area contributed by atoms with Gasteiger partial charge in [-0.3, -0.25) is 9.78 Å². The fraction of sp³-hybridized carbons (Fsp3) is 0.250. The van der Waals surface area contributed by atoms with Crippen molar-refractivity contribution in [3.05, 3.63) is 54.5 Å². The first-order chi connectivity index (χ1) is 12.8. The number of amides is 1. The minimum Gasteiger partial charge on any atom is -0.486 e. The van der Waals surface area contributed by atoms with E-state index in [1.807, 2.05) is 30.3 Å². The molecule has 1 aliphatic heterocycles. The van der Waals surface area contributed by atoms with Crippen molar-refractivity contribution in [1.82, 2.24) is 9.97 Å². The lowest BCUT2D eigenvalue weighted by Crippen LogP contribution is -2.28. The lowest BCUT2D eigenvalue weighted by Gasteiger charge is -2.21. The van der Waals surface area contributed by atoms with Crippen LogP contribution < -0.4 is 14.8 Å². The van der Waals surface area contributed by atoms with Crippen molar-refractivity contribution in [3.8, 4) is 11.5 Å². The van der Waals surface area contributed by atoms with Gasteiger partial charge in [0.15, 0.2) is 11.5 Å². The zero-order chi connectivity index (χ0) is 17.6. The summed E-state index contributed by atoms with van der Waals surface area (Å²) >= 11 is 0. The molecule has 1 aromatic carbocycles. The van der Waals surface area contributed by atoms with Gasteiger partial charge < -0.3 is 14.8 Å². The number of nitrogens with zero attached hydrogens (tertiary/aromatic N) is 2. The molecule has 0 radical (unpaired) electrons. The number of aromatic nitrogens is 2. The summed E-state index contributed by atoms with van der Waals surface area (Å²) in [6.45, 7) is 1.08. The molecular weight excluding hydrogens is 330 g/mol. The van der Waals surface area contributed by atoms with E-state index >= 15 is 0 Å². The molecule has 0 bridgehead atoms. The Labute approximate surface area is 150 Å². The fourth-order valence-corrected chi connectivity index (χ4v) is 3.45. The summed E-state index contributed by atoms with van der Waals surface area (Å²) in [5.41, 5.74) is 0.430. The van der Waals surface area contributed by atoms with E-state index in [9.17, 15) is 4.79 Å². The van der Waals surface area contributed by atoms with Crippen LogP contribution in [-0.4, -0.2) is 29.1 Å². The Balaban J connectivity index is 1.46. The molecule has 1 fully saturated rings. The predicted octanol–water partition coefficient (Wildman–Crippen LogP) is 3.07. The highest BCUT2D eigenvalue weighted by Gasteiger charge is 2.51. The molecule has 130 valence electrons. The van der Waals surface area contributed by atoms with Gasteiger partial charge in [-0.05, 0) is 48.1 Å². The summed E-state index contributed by atoms with van der Waals surface area (Å²) in [5.74, 6) is 1.95. The topological polar surface area (TPSA) is 73.3 Å². The van der Waals surface area contributed by atoms with Crippen LogP contribution in [0, 0.1) is 0 Å². The quantitative estimate of drug-likeness (QED) is 0.788. The van der Waals surface area contributed by atoms with Crippen molar-refractivity contribution < 1.29 is 14.3 Å². The number of rotatable bonds is 3. The SMILES string of the molecule is O=C(Nc1nccc2ccncc12)C1(c2ccc3c(c2)OCCO3)CC1. The van der Waals surface area contributed by atoms with Gasteiger partial charge in [-0.2, -0.15) is 0 Å². The number of benzene rings is 1. The Hall–Kier alpha value is -3.15. The van der Waals surface area contributed by atoms with Crippen molar-refractivity contribution in [1.29, 1.82) is 0 Å². The maximum absolute atomic E-state index is 13.1. The second kappa shape index (κ2) is 5.69. The number of nitrogens with one attached hydrogen (secondary N) is 1. The third kappa shape index (κ3) is 2.37. The van der Waals surface area contributed by atoms with Gasteiger partial charge in [0.25, 0.3) is 0 Å². The number of anilines is 1.